The Labute approximate surface area is 103 Å². The topological polar surface area (TPSA) is 43.8 Å². The van der Waals surface area contributed by atoms with Crippen molar-refractivity contribution in [1.29, 1.82) is 0 Å². The van der Waals surface area contributed by atoms with E-state index >= 15 is 0 Å². The summed E-state index contributed by atoms with van der Waals surface area (Å²) in [5.41, 5.74) is 9.08. The van der Waals surface area contributed by atoms with Crippen molar-refractivity contribution in [3.8, 4) is 11.1 Å². The predicted octanol–water partition coefficient (Wildman–Crippen LogP) is 2.76. The molecule has 3 aromatic rings. The van der Waals surface area contributed by atoms with E-state index in [0.29, 0.717) is 6.54 Å². The van der Waals surface area contributed by atoms with Crippen LogP contribution in [0.4, 0.5) is 0 Å². The summed E-state index contributed by atoms with van der Waals surface area (Å²) in [5.74, 6) is 0. The normalized spacial score (nSPS) is 11.2. The summed E-state index contributed by atoms with van der Waals surface area (Å²) in [6.45, 7) is 0.473. The van der Waals surface area contributed by atoms with Gasteiger partial charge in [0.2, 0.25) is 0 Å². The third-order valence-electron chi connectivity index (χ3n) is 2.87. The molecule has 0 saturated heterocycles. The first-order chi connectivity index (χ1) is 8.29. The lowest BCUT2D eigenvalue weighted by Gasteiger charge is -1.98. The smallest absolute Gasteiger partial charge is 0.0838 e. The Kier molecular flexibility index (Phi) is 2.46. The summed E-state index contributed by atoms with van der Waals surface area (Å²) < 4.78 is 3.12. The maximum atomic E-state index is 5.74. The van der Waals surface area contributed by atoms with Crippen LogP contribution >= 0.6 is 11.3 Å². The van der Waals surface area contributed by atoms with Gasteiger partial charge in [-0.05, 0) is 11.4 Å². The molecule has 0 aliphatic carbocycles. The third kappa shape index (κ3) is 1.66. The lowest BCUT2D eigenvalue weighted by molar-refractivity contribution is 0.742. The fourth-order valence-electron chi connectivity index (χ4n) is 2.10. The number of aromatic nitrogens is 2. The third-order valence-corrected chi connectivity index (χ3v) is 3.83. The maximum absolute atomic E-state index is 5.74. The first-order valence-corrected chi connectivity index (χ1v) is 6.37. The van der Waals surface area contributed by atoms with Crippen molar-refractivity contribution in [2.45, 2.75) is 6.54 Å². The van der Waals surface area contributed by atoms with E-state index in [1.54, 1.807) is 11.3 Å². The minimum absolute atomic E-state index is 0.473. The second kappa shape index (κ2) is 3.98. The second-order valence-corrected chi connectivity index (χ2v) is 4.92. The molecular weight excluding hydrogens is 230 g/mol. The van der Waals surface area contributed by atoms with Crippen molar-refractivity contribution < 1.29 is 0 Å². The van der Waals surface area contributed by atoms with E-state index in [2.05, 4.69) is 34.7 Å². The van der Waals surface area contributed by atoms with Gasteiger partial charge >= 0.3 is 0 Å². The van der Waals surface area contributed by atoms with Crippen LogP contribution in [0, 0.1) is 0 Å². The lowest BCUT2D eigenvalue weighted by Crippen LogP contribution is -1.99. The SMILES string of the molecule is Cn1cc(-c2csc3ccccc23)c(CN)n1. The molecule has 2 aromatic heterocycles. The number of rotatable bonds is 2. The Morgan fingerprint density at radius 3 is 2.94 bits per heavy atom. The largest absolute Gasteiger partial charge is 0.325 e. The monoisotopic (exact) mass is 243 g/mol. The standard InChI is InChI=1S/C13H13N3S/c1-16-7-10(12(6-14)15-16)11-8-17-13-5-3-2-4-9(11)13/h2-5,7-8H,6,14H2,1H3. The minimum Gasteiger partial charge on any atom is -0.325 e. The molecule has 3 rings (SSSR count). The van der Waals surface area contributed by atoms with Crippen LogP contribution in [0.15, 0.2) is 35.8 Å². The van der Waals surface area contributed by atoms with Crippen LogP contribution in [0.3, 0.4) is 0 Å². The number of hydrogen-bond acceptors (Lipinski definition) is 3. The molecule has 17 heavy (non-hydrogen) atoms. The molecule has 0 atom stereocenters. The van der Waals surface area contributed by atoms with Crippen LogP contribution in [-0.2, 0) is 13.6 Å². The highest BCUT2D eigenvalue weighted by atomic mass is 32.1. The van der Waals surface area contributed by atoms with Gasteiger partial charge in [0.15, 0.2) is 0 Å². The van der Waals surface area contributed by atoms with Crippen LogP contribution in [0.5, 0.6) is 0 Å². The zero-order valence-electron chi connectivity index (χ0n) is 9.55. The van der Waals surface area contributed by atoms with Gasteiger partial charge in [0.05, 0.1) is 5.69 Å². The Hall–Kier alpha value is -1.65. The van der Waals surface area contributed by atoms with Crippen molar-refractivity contribution in [3.63, 3.8) is 0 Å². The van der Waals surface area contributed by atoms with Crippen molar-refractivity contribution >= 4 is 21.4 Å². The van der Waals surface area contributed by atoms with Gasteiger partial charge in [0, 0.05) is 41.0 Å². The Balaban J connectivity index is 2.26. The molecule has 0 amide bonds. The van der Waals surface area contributed by atoms with Gasteiger partial charge < -0.3 is 5.73 Å². The molecule has 0 aliphatic rings. The number of aryl methyl sites for hydroxylation is 1. The fraction of sp³-hybridized carbons (Fsp3) is 0.154. The molecule has 0 bridgehead atoms. The van der Waals surface area contributed by atoms with Gasteiger partial charge in [-0.1, -0.05) is 18.2 Å². The predicted molar refractivity (Wildman–Crippen MR) is 71.9 cm³/mol. The van der Waals surface area contributed by atoms with Gasteiger partial charge in [-0.3, -0.25) is 4.68 Å². The maximum Gasteiger partial charge on any atom is 0.0838 e. The summed E-state index contributed by atoms with van der Waals surface area (Å²) in [6.07, 6.45) is 2.04. The molecule has 0 radical (unpaired) electrons. The van der Waals surface area contributed by atoms with E-state index < -0.39 is 0 Å². The minimum atomic E-state index is 0.473. The second-order valence-electron chi connectivity index (χ2n) is 4.01. The number of fused-ring (bicyclic) bond motifs is 1. The number of thiophene rings is 1. The van der Waals surface area contributed by atoms with E-state index in [1.807, 2.05) is 17.9 Å². The zero-order valence-corrected chi connectivity index (χ0v) is 10.4. The molecular formula is C13H13N3S. The number of nitrogens with two attached hydrogens (primary N) is 1. The molecule has 0 fully saturated rings. The summed E-state index contributed by atoms with van der Waals surface area (Å²) in [4.78, 5) is 0. The molecule has 0 saturated carbocycles. The van der Waals surface area contributed by atoms with Gasteiger partial charge in [-0.15, -0.1) is 11.3 Å². The summed E-state index contributed by atoms with van der Waals surface area (Å²) >= 11 is 1.76. The van der Waals surface area contributed by atoms with E-state index in [9.17, 15) is 0 Å². The summed E-state index contributed by atoms with van der Waals surface area (Å²) in [7, 11) is 1.93. The molecule has 2 N–H and O–H groups in total. The number of hydrogen-bond donors (Lipinski definition) is 1. The first kappa shape index (κ1) is 10.5. The van der Waals surface area contributed by atoms with Crippen molar-refractivity contribution in [1.82, 2.24) is 9.78 Å². The van der Waals surface area contributed by atoms with Crippen molar-refractivity contribution in [2.24, 2.45) is 12.8 Å². The van der Waals surface area contributed by atoms with E-state index in [4.69, 9.17) is 5.73 Å². The van der Waals surface area contributed by atoms with Crippen molar-refractivity contribution in [2.75, 3.05) is 0 Å². The lowest BCUT2D eigenvalue weighted by atomic mass is 10.1. The Bertz CT molecular complexity index is 666. The van der Waals surface area contributed by atoms with Gasteiger partial charge in [0.1, 0.15) is 0 Å². The molecule has 4 heteroatoms. The van der Waals surface area contributed by atoms with Gasteiger partial charge in [-0.2, -0.15) is 5.10 Å². The van der Waals surface area contributed by atoms with Crippen LogP contribution in [0.2, 0.25) is 0 Å². The van der Waals surface area contributed by atoms with Crippen LogP contribution < -0.4 is 5.73 Å². The fourth-order valence-corrected chi connectivity index (χ4v) is 3.06. The van der Waals surface area contributed by atoms with Crippen LogP contribution in [0.25, 0.3) is 21.2 Å². The van der Waals surface area contributed by atoms with Crippen LogP contribution in [0.1, 0.15) is 5.69 Å². The molecule has 1 aromatic carbocycles. The average Bonchev–Trinajstić information content (AvgIpc) is 2.91. The summed E-state index contributed by atoms with van der Waals surface area (Å²) in [5, 5.41) is 7.85. The van der Waals surface area contributed by atoms with E-state index in [1.165, 1.54) is 15.6 Å². The number of nitrogens with zero attached hydrogens (tertiary/aromatic N) is 2. The van der Waals surface area contributed by atoms with Crippen molar-refractivity contribution in [3.05, 3.63) is 41.5 Å². The van der Waals surface area contributed by atoms with Gasteiger partial charge in [0.25, 0.3) is 0 Å². The zero-order chi connectivity index (χ0) is 11.8. The number of benzene rings is 1. The first-order valence-electron chi connectivity index (χ1n) is 5.49. The Morgan fingerprint density at radius 2 is 2.12 bits per heavy atom. The highest BCUT2D eigenvalue weighted by Gasteiger charge is 2.12. The average molecular weight is 243 g/mol. The quantitative estimate of drug-likeness (QED) is 0.752. The van der Waals surface area contributed by atoms with E-state index in [-0.39, 0.29) is 0 Å². The highest BCUT2D eigenvalue weighted by molar-refractivity contribution is 7.17. The van der Waals surface area contributed by atoms with Gasteiger partial charge in [-0.25, -0.2) is 0 Å². The Morgan fingerprint density at radius 1 is 1.29 bits per heavy atom. The molecule has 3 nitrogen and oxygen atoms in total. The molecule has 0 unspecified atom stereocenters. The summed E-state index contributed by atoms with van der Waals surface area (Å²) in [6, 6.07) is 8.42. The molecule has 2 heterocycles. The molecule has 0 aliphatic heterocycles. The highest BCUT2D eigenvalue weighted by Crippen LogP contribution is 2.34. The molecule has 86 valence electrons. The molecule has 0 spiro atoms. The van der Waals surface area contributed by atoms with Crippen LogP contribution in [-0.4, -0.2) is 9.78 Å². The van der Waals surface area contributed by atoms with E-state index in [0.717, 1.165) is 11.3 Å².